The van der Waals surface area contributed by atoms with E-state index in [2.05, 4.69) is 5.32 Å². The van der Waals surface area contributed by atoms with Crippen LogP contribution in [0.4, 0.5) is 4.79 Å². The van der Waals surface area contributed by atoms with Crippen LogP contribution in [0, 0.1) is 5.92 Å². The number of ether oxygens (including phenoxy) is 1. The highest BCUT2D eigenvalue weighted by atomic mass is 16.6. The van der Waals surface area contributed by atoms with Gasteiger partial charge in [0.25, 0.3) is 0 Å². The predicted molar refractivity (Wildman–Crippen MR) is 120 cm³/mol. The monoisotopic (exact) mass is 473 g/mol. The summed E-state index contributed by atoms with van der Waals surface area (Å²) in [6, 6.07) is 5.99. The molecule has 184 valence electrons. The number of carbonyl (C=O) groups is 5. The van der Waals surface area contributed by atoms with Gasteiger partial charge in [-0.15, -0.1) is 0 Å². The largest absolute Gasteiger partial charge is 0.480 e. The summed E-state index contributed by atoms with van der Waals surface area (Å²) in [5.74, 6) is -2.65. The summed E-state index contributed by atoms with van der Waals surface area (Å²) in [5.41, 5.74) is 0.740. The van der Waals surface area contributed by atoms with Gasteiger partial charge < -0.3 is 20.1 Å². The van der Waals surface area contributed by atoms with Crippen LogP contribution >= 0.6 is 0 Å². The Balaban J connectivity index is 1.69. The van der Waals surface area contributed by atoms with Crippen molar-refractivity contribution in [3.8, 4) is 0 Å². The smallest absolute Gasteiger partial charge is 0.417 e. The van der Waals surface area contributed by atoms with E-state index in [0.717, 1.165) is 10.5 Å². The van der Waals surface area contributed by atoms with Crippen LogP contribution < -0.4 is 5.32 Å². The molecule has 2 fully saturated rings. The highest BCUT2D eigenvalue weighted by molar-refractivity contribution is 6.01. The Labute approximate surface area is 198 Å². The van der Waals surface area contributed by atoms with Crippen molar-refractivity contribution in [2.75, 3.05) is 6.54 Å². The van der Waals surface area contributed by atoms with Crippen molar-refractivity contribution < 1.29 is 33.8 Å². The van der Waals surface area contributed by atoms with Crippen LogP contribution in [0.25, 0.3) is 0 Å². The summed E-state index contributed by atoms with van der Waals surface area (Å²) in [5, 5.41) is 12.1. The Hall–Kier alpha value is -3.43. The molecule has 2 aliphatic rings. The average Bonchev–Trinajstić information content (AvgIpc) is 3.44. The third-order valence-electron chi connectivity index (χ3n) is 6.06. The molecule has 0 aromatic heterocycles. The van der Waals surface area contributed by atoms with Crippen LogP contribution in [-0.4, -0.2) is 69.4 Å². The summed E-state index contributed by atoms with van der Waals surface area (Å²) >= 11 is 0. The van der Waals surface area contributed by atoms with E-state index in [1.165, 1.54) is 4.90 Å². The molecule has 2 aliphatic heterocycles. The van der Waals surface area contributed by atoms with E-state index < -0.39 is 47.9 Å². The van der Waals surface area contributed by atoms with Crippen molar-refractivity contribution in [1.29, 1.82) is 0 Å². The molecular weight excluding hydrogens is 442 g/mol. The number of carbonyl (C=O) groups excluding carboxylic acids is 4. The van der Waals surface area contributed by atoms with E-state index in [4.69, 9.17) is 4.74 Å². The van der Waals surface area contributed by atoms with Crippen molar-refractivity contribution in [3.05, 3.63) is 35.9 Å². The van der Waals surface area contributed by atoms with E-state index in [9.17, 15) is 29.1 Å². The number of rotatable bonds is 8. The number of hydrogen-bond acceptors (Lipinski definition) is 6. The first-order valence-corrected chi connectivity index (χ1v) is 11.6. The molecule has 1 aromatic carbocycles. The standard InChI is InChI=1S/C24H31N3O7/c1-15(2)13-17(22(30)26-12-6-9-19(26)23(31)32)25-21(29)18-10-11-20(28)27(18)24(33)34-14-16-7-4-3-5-8-16/h3-5,7-8,15,17-19H,6,9-14H2,1-2H3,(H,25,29)(H,31,32). The number of hydrogen-bond donors (Lipinski definition) is 2. The van der Waals surface area contributed by atoms with Crippen LogP contribution in [0.1, 0.15) is 51.5 Å². The lowest BCUT2D eigenvalue weighted by molar-refractivity contribution is -0.149. The zero-order valence-corrected chi connectivity index (χ0v) is 19.4. The molecule has 10 heteroatoms. The number of carboxylic acid groups (broad SMARTS) is 1. The van der Waals surface area contributed by atoms with Gasteiger partial charge in [-0.1, -0.05) is 44.2 Å². The molecule has 1 aromatic rings. The van der Waals surface area contributed by atoms with Gasteiger partial charge in [0, 0.05) is 13.0 Å². The lowest BCUT2D eigenvalue weighted by Gasteiger charge is -2.30. The number of nitrogens with zero attached hydrogens (tertiary/aromatic N) is 2. The number of aliphatic carboxylic acids is 1. The molecule has 3 rings (SSSR count). The molecule has 4 amide bonds. The van der Waals surface area contributed by atoms with E-state index in [1.54, 1.807) is 24.3 Å². The fraction of sp³-hybridized carbons (Fsp3) is 0.542. The Morgan fingerprint density at radius 1 is 1.12 bits per heavy atom. The van der Waals surface area contributed by atoms with Gasteiger partial charge >= 0.3 is 12.1 Å². The molecule has 2 heterocycles. The Kier molecular flexibility index (Phi) is 8.25. The summed E-state index contributed by atoms with van der Waals surface area (Å²) in [6.45, 7) is 4.03. The first-order chi connectivity index (χ1) is 16.2. The molecule has 0 aliphatic carbocycles. The summed E-state index contributed by atoms with van der Waals surface area (Å²) in [7, 11) is 0. The second-order valence-corrected chi connectivity index (χ2v) is 9.08. The average molecular weight is 474 g/mol. The first-order valence-electron chi connectivity index (χ1n) is 11.6. The minimum atomic E-state index is -1.09. The van der Waals surface area contributed by atoms with Gasteiger partial charge in [0.1, 0.15) is 24.7 Å². The summed E-state index contributed by atoms with van der Waals surface area (Å²) in [6.07, 6.45) is 0.449. The van der Waals surface area contributed by atoms with Crippen LogP contribution in [0.2, 0.25) is 0 Å². The molecular formula is C24H31N3O7. The number of nitrogens with one attached hydrogen (secondary N) is 1. The Morgan fingerprint density at radius 3 is 2.47 bits per heavy atom. The molecule has 34 heavy (non-hydrogen) atoms. The lowest BCUT2D eigenvalue weighted by atomic mass is 10.0. The maximum Gasteiger partial charge on any atom is 0.417 e. The highest BCUT2D eigenvalue weighted by Gasteiger charge is 2.43. The van der Waals surface area contributed by atoms with Gasteiger partial charge in [0.05, 0.1) is 0 Å². The SMILES string of the molecule is CC(C)CC(NC(=O)C1CCC(=O)N1C(=O)OCc1ccccc1)C(=O)N1CCCC1C(=O)O. The second-order valence-electron chi connectivity index (χ2n) is 9.08. The third-order valence-corrected chi connectivity index (χ3v) is 6.06. The van der Waals surface area contributed by atoms with E-state index in [0.29, 0.717) is 25.8 Å². The molecule has 2 saturated heterocycles. The maximum absolute atomic E-state index is 13.2. The number of benzene rings is 1. The first kappa shape index (κ1) is 25.2. The predicted octanol–water partition coefficient (Wildman–Crippen LogP) is 1.92. The van der Waals surface area contributed by atoms with Crippen LogP contribution in [0.5, 0.6) is 0 Å². The molecule has 0 saturated carbocycles. The van der Waals surface area contributed by atoms with E-state index in [1.807, 2.05) is 19.9 Å². The number of amides is 4. The third kappa shape index (κ3) is 5.92. The lowest BCUT2D eigenvalue weighted by Crippen LogP contribution is -2.56. The fourth-order valence-electron chi connectivity index (χ4n) is 4.40. The molecule has 10 nitrogen and oxygen atoms in total. The van der Waals surface area contributed by atoms with E-state index in [-0.39, 0.29) is 25.4 Å². The van der Waals surface area contributed by atoms with Gasteiger partial charge in [0.15, 0.2) is 0 Å². The number of likely N-dealkylation sites (tertiary alicyclic amines) is 2. The van der Waals surface area contributed by atoms with Gasteiger partial charge in [-0.05, 0) is 37.2 Å². The van der Waals surface area contributed by atoms with Gasteiger partial charge in [0.2, 0.25) is 17.7 Å². The Bertz CT molecular complexity index is 934. The van der Waals surface area contributed by atoms with Crippen molar-refractivity contribution in [3.63, 3.8) is 0 Å². The molecule has 0 radical (unpaired) electrons. The summed E-state index contributed by atoms with van der Waals surface area (Å²) in [4.78, 5) is 64.9. The fourth-order valence-corrected chi connectivity index (χ4v) is 4.40. The molecule has 0 bridgehead atoms. The minimum Gasteiger partial charge on any atom is -0.480 e. The van der Waals surface area contributed by atoms with Crippen LogP contribution in [-0.2, 0) is 30.5 Å². The Morgan fingerprint density at radius 2 is 1.82 bits per heavy atom. The van der Waals surface area contributed by atoms with Gasteiger partial charge in [-0.2, -0.15) is 0 Å². The van der Waals surface area contributed by atoms with Crippen molar-refractivity contribution >= 4 is 29.8 Å². The van der Waals surface area contributed by atoms with Crippen molar-refractivity contribution in [1.82, 2.24) is 15.1 Å². The van der Waals surface area contributed by atoms with Crippen molar-refractivity contribution in [2.45, 2.75) is 70.7 Å². The number of imide groups is 1. The quantitative estimate of drug-likeness (QED) is 0.589. The molecule has 2 N–H and O–H groups in total. The summed E-state index contributed by atoms with van der Waals surface area (Å²) < 4.78 is 5.25. The van der Waals surface area contributed by atoms with Crippen LogP contribution in [0.15, 0.2) is 30.3 Å². The second kappa shape index (κ2) is 11.1. The highest BCUT2D eigenvalue weighted by Crippen LogP contribution is 2.23. The topological polar surface area (TPSA) is 133 Å². The van der Waals surface area contributed by atoms with Gasteiger partial charge in [-0.25, -0.2) is 14.5 Å². The molecule has 3 unspecified atom stereocenters. The maximum atomic E-state index is 13.2. The van der Waals surface area contributed by atoms with Crippen LogP contribution in [0.3, 0.4) is 0 Å². The molecule has 0 spiro atoms. The zero-order valence-electron chi connectivity index (χ0n) is 19.4. The minimum absolute atomic E-state index is 0.00846. The van der Waals surface area contributed by atoms with Gasteiger partial charge in [-0.3, -0.25) is 14.4 Å². The number of carboxylic acids is 1. The van der Waals surface area contributed by atoms with Crippen molar-refractivity contribution in [2.24, 2.45) is 5.92 Å². The normalized spacial score (nSPS) is 21.0. The van der Waals surface area contributed by atoms with E-state index >= 15 is 0 Å². The molecule has 3 atom stereocenters. The zero-order chi connectivity index (χ0) is 24.8.